The van der Waals surface area contributed by atoms with Crippen molar-refractivity contribution in [3.8, 4) is 0 Å². The summed E-state index contributed by atoms with van der Waals surface area (Å²) in [4.78, 5) is 11.0. The van der Waals surface area contributed by atoms with Gasteiger partial charge in [0.15, 0.2) is 0 Å². The molecule has 0 heterocycles. The third-order valence-corrected chi connectivity index (χ3v) is 2.91. The SMILES string of the molecule is NC(=O)C1=Cc2cc(Br)ccc2CC1. The fourth-order valence-electron chi connectivity index (χ4n) is 1.65. The number of fused-ring (bicyclic) bond motifs is 1. The summed E-state index contributed by atoms with van der Waals surface area (Å²) < 4.78 is 1.03. The molecule has 1 aliphatic carbocycles. The van der Waals surface area contributed by atoms with E-state index in [0.717, 1.165) is 28.5 Å². The molecular weight excluding hydrogens is 242 g/mol. The molecule has 0 fully saturated rings. The average molecular weight is 252 g/mol. The van der Waals surface area contributed by atoms with Crippen LogP contribution < -0.4 is 5.73 Å². The maximum absolute atomic E-state index is 11.0. The van der Waals surface area contributed by atoms with Crippen LogP contribution in [0.1, 0.15) is 17.5 Å². The molecule has 0 radical (unpaired) electrons. The number of primary amides is 1. The Bertz CT molecular complexity index is 423. The maximum atomic E-state index is 11.0. The van der Waals surface area contributed by atoms with Crippen LogP contribution in [-0.2, 0) is 11.2 Å². The Balaban J connectivity index is 2.47. The number of nitrogens with two attached hydrogens (primary N) is 1. The van der Waals surface area contributed by atoms with Crippen LogP contribution in [0.25, 0.3) is 6.08 Å². The van der Waals surface area contributed by atoms with E-state index in [4.69, 9.17) is 5.73 Å². The summed E-state index contributed by atoms with van der Waals surface area (Å²) in [6.07, 6.45) is 3.53. The summed E-state index contributed by atoms with van der Waals surface area (Å²) in [5.74, 6) is -0.310. The van der Waals surface area contributed by atoms with Crippen LogP contribution in [0, 0.1) is 0 Å². The highest BCUT2D eigenvalue weighted by molar-refractivity contribution is 9.10. The molecule has 1 aromatic rings. The Kier molecular flexibility index (Phi) is 2.42. The summed E-state index contributed by atoms with van der Waals surface area (Å²) in [7, 11) is 0. The Hall–Kier alpha value is -1.09. The summed E-state index contributed by atoms with van der Waals surface area (Å²) in [6.45, 7) is 0. The van der Waals surface area contributed by atoms with E-state index in [0.29, 0.717) is 0 Å². The monoisotopic (exact) mass is 251 g/mol. The van der Waals surface area contributed by atoms with Gasteiger partial charge in [0, 0.05) is 10.0 Å². The van der Waals surface area contributed by atoms with Gasteiger partial charge in [0.25, 0.3) is 0 Å². The quantitative estimate of drug-likeness (QED) is 0.818. The topological polar surface area (TPSA) is 43.1 Å². The zero-order valence-electron chi connectivity index (χ0n) is 7.59. The number of hydrogen-bond acceptors (Lipinski definition) is 1. The summed E-state index contributed by atoms with van der Waals surface area (Å²) >= 11 is 3.40. The van der Waals surface area contributed by atoms with E-state index >= 15 is 0 Å². The Morgan fingerprint density at radius 2 is 2.14 bits per heavy atom. The third-order valence-electron chi connectivity index (χ3n) is 2.42. The molecule has 0 saturated carbocycles. The molecule has 2 N–H and O–H groups in total. The smallest absolute Gasteiger partial charge is 0.244 e. The van der Waals surface area contributed by atoms with Gasteiger partial charge in [-0.15, -0.1) is 0 Å². The first-order chi connectivity index (χ1) is 6.66. The van der Waals surface area contributed by atoms with Crippen LogP contribution in [0.2, 0.25) is 0 Å². The summed E-state index contributed by atoms with van der Waals surface area (Å²) in [5.41, 5.74) is 8.33. The molecular formula is C11H10BrNO. The van der Waals surface area contributed by atoms with E-state index in [1.807, 2.05) is 18.2 Å². The second-order valence-corrected chi connectivity index (χ2v) is 4.29. The predicted molar refractivity (Wildman–Crippen MR) is 59.6 cm³/mol. The van der Waals surface area contributed by atoms with Crippen molar-refractivity contribution in [1.29, 1.82) is 0 Å². The van der Waals surface area contributed by atoms with Gasteiger partial charge in [-0.2, -0.15) is 0 Å². The first-order valence-electron chi connectivity index (χ1n) is 4.45. The van der Waals surface area contributed by atoms with Crippen molar-refractivity contribution in [3.63, 3.8) is 0 Å². The zero-order valence-corrected chi connectivity index (χ0v) is 9.17. The van der Waals surface area contributed by atoms with Gasteiger partial charge in [-0.1, -0.05) is 22.0 Å². The van der Waals surface area contributed by atoms with Crippen LogP contribution in [0.4, 0.5) is 0 Å². The highest BCUT2D eigenvalue weighted by Crippen LogP contribution is 2.26. The van der Waals surface area contributed by atoms with E-state index in [9.17, 15) is 4.79 Å². The predicted octanol–water partition coefficient (Wildman–Crippen LogP) is 2.26. The van der Waals surface area contributed by atoms with Gasteiger partial charge in [-0.3, -0.25) is 4.79 Å². The lowest BCUT2D eigenvalue weighted by Crippen LogP contribution is -2.16. The molecule has 0 spiro atoms. The first-order valence-corrected chi connectivity index (χ1v) is 5.25. The second-order valence-electron chi connectivity index (χ2n) is 3.38. The number of carbonyl (C=O) groups is 1. The van der Waals surface area contributed by atoms with Gasteiger partial charge in [-0.25, -0.2) is 0 Å². The molecule has 1 aromatic carbocycles. The molecule has 0 aliphatic heterocycles. The lowest BCUT2D eigenvalue weighted by molar-refractivity contribution is -0.114. The molecule has 14 heavy (non-hydrogen) atoms. The van der Waals surface area contributed by atoms with Gasteiger partial charge in [0.2, 0.25) is 5.91 Å². The number of amides is 1. The summed E-state index contributed by atoms with van der Waals surface area (Å²) in [6, 6.07) is 6.10. The Morgan fingerprint density at radius 3 is 2.86 bits per heavy atom. The molecule has 3 heteroatoms. The highest BCUT2D eigenvalue weighted by atomic mass is 79.9. The van der Waals surface area contributed by atoms with Crippen molar-refractivity contribution < 1.29 is 4.79 Å². The normalized spacial score (nSPS) is 14.5. The number of carbonyl (C=O) groups excluding carboxylic acids is 1. The minimum atomic E-state index is -0.310. The van der Waals surface area contributed by atoms with Gasteiger partial charge >= 0.3 is 0 Å². The molecule has 0 atom stereocenters. The van der Waals surface area contributed by atoms with Crippen molar-refractivity contribution >= 4 is 27.9 Å². The standard InChI is InChI=1S/C11H10BrNO/c12-10-4-3-7-1-2-8(11(13)14)5-9(7)6-10/h3-6H,1-2H2,(H2,13,14). The fraction of sp³-hybridized carbons (Fsp3) is 0.182. The minimum Gasteiger partial charge on any atom is -0.366 e. The van der Waals surface area contributed by atoms with Crippen molar-refractivity contribution in [1.82, 2.24) is 0 Å². The van der Waals surface area contributed by atoms with Crippen LogP contribution in [-0.4, -0.2) is 5.91 Å². The van der Waals surface area contributed by atoms with E-state index in [-0.39, 0.29) is 5.91 Å². The molecule has 0 unspecified atom stereocenters. The second kappa shape index (κ2) is 3.58. The molecule has 2 rings (SSSR count). The molecule has 1 amide bonds. The maximum Gasteiger partial charge on any atom is 0.244 e. The van der Waals surface area contributed by atoms with Gasteiger partial charge < -0.3 is 5.73 Å². The molecule has 0 aromatic heterocycles. The Labute approximate surface area is 90.9 Å². The largest absolute Gasteiger partial charge is 0.366 e. The van der Waals surface area contributed by atoms with Gasteiger partial charge in [0.1, 0.15) is 0 Å². The number of rotatable bonds is 1. The van der Waals surface area contributed by atoms with E-state index in [1.54, 1.807) is 0 Å². The van der Waals surface area contributed by atoms with Crippen LogP contribution in [0.3, 0.4) is 0 Å². The summed E-state index contributed by atoms with van der Waals surface area (Å²) in [5, 5.41) is 0. The lowest BCUT2D eigenvalue weighted by atomic mass is 9.92. The Morgan fingerprint density at radius 1 is 1.36 bits per heavy atom. The molecule has 0 bridgehead atoms. The van der Waals surface area contributed by atoms with E-state index < -0.39 is 0 Å². The van der Waals surface area contributed by atoms with E-state index in [2.05, 4.69) is 22.0 Å². The number of halogens is 1. The number of hydrogen-bond donors (Lipinski definition) is 1. The van der Waals surface area contributed by atoms with E-state index in [1.165, 1.54) is 5.56 Å². The average Bonchev–Trinajstić information content (AvgIpc) is 2.16. The molecule has 0 saturated heterocycles. The zero-order chi connectivity index (χ0) is 10.1. The number of benzene rings is 1. The van der Waals surface area contributed by atoms with Gasteiger partial charge in [0.05, 0.1) is 0 Å². The van der Waals surface area contributed by atoms with Crippen LogP contribution >= 0.6 is 15.9 Å². The van der Waals surface area contributed by atoms with Crippen molar-refractivity contribution in [2.24, 2.45) is 5.73 Å². The first kappa shape index (κ1) is 9.46. The van der Waals surface area contributed by atoms with Gasteiger partial charge in [-0.05, 0) is 42.2 Å². The number of aryl methyl sites for hydroxylation is 1. The minimum absolute atomic E-state index is 0.310. The fourth-order valence-corrected chi connectivity index (χ4v) is 2.03. The lowest BCUT2D eigenvalue weighted by Gasteiger charge is -2.14. The van der Waals surface area contributed by atoms with Crippen LogP contribution in [0.15, 0.2) is 28.2 Å². The van der Waals surface area contributed by atoms with Crippen molar-refractivity contribution in [2.75, 3.05) is 0 Å². The molecule has 1 aliphatic rings. The molecule has 72 valence electrons. The third kappa shape index (κ3) is 1.73. The van der Waals surface area contributed by atoms with Crippen molar-refractivity contribution in [2.45, 2.75) is 12.8 Å². The molecule has 2 nitrogen and oxygen atoms in total. The van der Waals surface area contributed by atoms with Crippen LogP contribution in [0.5, 0.6) is 0 Å². The highest BCUT2D eigenvalue weighted by Gasteiger charge is 2.13. The van der Waals surface area contributed by atoms with Crippen molar-refractivity contribution in [3.05, 3.63) is 39.4 Å².